The summed E-state index contributed by atoms with van der Waals surface area (Å²) >= 11 is 6.91. The largest absolute Gasteiger partial charge is 0.495 e. The average Bonchev–Trinajstić information content (AvgIpc) is 2.27. The molecule has 0 aliphatic heterocycles. The first kappa shape index (κ1) is 15.8. The summed E-state index contributed by atoms with van der Waals surface area (Å²) in [6, 6.07) is 3.82. The monoisotopic (exact) mass is 379 g/mol. The lowest BCUT2D eigenvalue weighted by Gasteiger charge is -2.28. The van der Waals surface area contributed by atoms with Crippen LogP contribution in [-0.4, -0.2) is 24.4 Å². The van der Waals surface area contributed by atoms with E-state index in [1.165, 1.54) is 0 Å². The predicted octanol–water partition coefficient (Wildman–Crippen LogP) is 4.04. The van der Waals surface area contributed by atoms with E-state index in [9.17, 15) is 5.11 Å². The second kappa shape index (κ2) is 6.26. The highest BCUT2D eigenvalue weighted by molar-refractivity contribution is 9.11. The van der Waals surface area contributed by atoms with Crippen LogP contribution in [0, 0.1) is 5.92 Å². The van der Waals surface area contributed by atoms with Crippen LogP contribution in [0.25, 0.3) is 0 Å². The SMILES string of the molecule is COc1cc(NCC(C)(O)C(C)C)c(Br)cc1Br. The van der Waals surface area contributed by atoms with Crippen molar-refractivity contribution in [3.63, 3.8) is 0 Å². The Labute approximate surface area is 125 Å². The highest BCUT2D eigenvalue weighted by Gasteiger charge is 2.24. The molecule has 0 aliphatic rings. The first-order valence-electron chi connectivity index (χ1n) is 5.77. The third-order valence-electron chi connectivity index (χ3n) is 3.12. The van der Waals surface area contributed by atoms with E-state index in [2.05, 4.69) is 37.2 Å². The van der Waals surface area contributed by atoms with Gasteiger partial charge in [-0.1, -0.05) is 13.8 Å². The smallest absolute Gasteiger partial charge is 0.135 e. The van der Waals surface area contributed by atoms with Crippen molar-refractivity contribution in [3.8, 4) is 5.75 Å². The van der Waals surface area contributed by atoms with Gasteiger partial charge in [0.25, 0.3) is 0 Å². The number of hydrogen-bond acceptors (Lipinski definition) is 3. The van der Waals surface area contributed by atoms with Crippen molar-refractivity contribution in [1.29, 1.82) is 0 Å². The Balaban J connectivity index is 2.85. The summed E-state index contributed by atoms with van der Waals surface area (Å²) in [6.07, 6.45) is 0. The maximum absolute atomic E-state index is 10.2. The third kappa shape index (κ3) is 3.87. The molecule has 0 bridgehead atoms. The van der Waals surface area contributed by atoms with Crippen LogP contribution in [0.15, 0.2) is 21.1 Å². The molecule has 1 atom stereocenters. The summed E-state index contributed by atoms with van der Waals surface area (Å²) in [5, 5.41) is 13.4. The van der Waals surface area contributed by atoms with Crippen molar-refractivity contribution in [2.45, 2.75) is 26.4 Å². The summed E-state index contributed by atoms with van der Waals surface area (Å²) in [4.78, 5) is 0. The highest BCUT2D eigenvalue weighted by atomic mass is 79.9. The molecule has 0 saturated heterocycles. The van der Waals surface area contributed by atoms with E-state index in [0.29, 0.717) is 6.54 Å². The van der Waals surface area contributed by atoms with Gasteiger partial charge in [0.1, 0.15) is 5.75 Å². The van der Waals surface area contributed by atoms with Gasteiger partial charge in [0.15, 0.2) is 0 Å². The van der Waals surface area contributed by atoms with Gasteiger partial charge in [-0.15, -0.1) is 0 Å². The van der Waals surface area contributed by atoms with Crippen LogP contribution in [-0.2, 0) is 0 Å². The number of aliphatic hydroxyl groups is 1. The molecular weight excluding hydrogens is 362 g/mol. The van der Waals surface area contributed by atoms with Crippen molar-refractivity contribution in [2.75, 3.05) is 19.0 Å². The van der Waals surface area contributed by atoms with E-state index in [-0.39, 0.29) is 5.92 Å². The average molecular weight is 381 g/mol. The zero-order valence-corrected chi connectivity index (χ0v) is 14.2. The summed E-state index contributed by atoms with van der Waals surface area (Å²) in [5.74, 6) is 0.936. The zero-order chi connectivity index (χ0) is 13.9. The van der Waals surface area contributed by atoms with Gasteiger partial charge >= 0.3 is 0 Å². The third-order valence-corrected chi connectivity index (χ3v) is 4.40. The zero-order valence-electron chi connectivity index (χ0n) is 11.1. The normalized spacial score (nSPS) is 14.4. The van der Waals surface area contributed by atoms with E-state index in [1.54, 1.807) is 7.11 Å². The molecule has 0 aromatic heterocycles. The molecule has 1 aromatic rings. The Hall–Kier alpha value is -0.260. The van der Waals surface area contributed by atoms with Crippen LogP contribution in [0.2, 0.25) is 0 Å². The lowest BCUT2D eigenvalue weighted by Crippen LogP contribution is -2.38. The van der Waals surface area contributed by atoms with E-state index in [4.69, 9.17) is 4.74 Å². The fourth-order valence-corrected chi connectivity index (χ4v) is 2.60. The Morgan fingerprint density at radius 3 is 2.44 bits per heavy atom. The number of nitrogens with one attached hydrogen (secondary N) is 1. The lowest BCUT2D eigenvalue weighted by atomic mass is 9.92. The van der Waals surface area contributed by atoms with Crippen molar-refractivity contribution >= 4 is 37.5 Å². The summed E-state index contributed by atoms with van der Waals surface area (Å²) in [5.41, 5.74) is 0.149. The molecule has 1 aromatic carbocycles. The molecule has 1 rings (SSSR count). The van der Waals surface area contributed by atoms with Crippen molar-refractivity contribution in [1.82, 2.24) is 0 Å². The first-order chi connectivity index (χ1) is 8.27. The Morgan fingerprint density at radius 1 is 1.33 bits per heavy atom. The van der Waals surface area contributed by atoms with Gasteiger partial charge in [-0.3, -0.25) is 0 Å². The second-order valence-electron chi connectivity index (χ2n) is 4.83. The molecule has 0 amide bonds. The van der Waals surface area contributed by atoms with Crippen LogP contribution < -0.4 is 10.1 Å². The molecule has 0 aliphatic carbocycles. The van der Waals surface area contributed by atoms with E-state index < -0.39 is 5.60 Å². The molecule has 3 nitrogen and oxygen atoms in total. The molecule has 102 valence electrons. The van der Waals surface area contributed by atoms with Gasteiger partial charge in [-0.2, -0.15) is 0 Å². The van der Waals surface area contributed by atoms with Crippen molar-refractivity contribution < 1.29 is 9.84 Å². The molecule has 0 fully saturated rings. The number of benzene rings is 1. The number of anilines is 1. The van der Waals surface area contributed by atoms with Crippen molar-refractivity contribution in [2.24, 2.45) is 5.92 Å². The maximum atomic E-state index is 10.2. The molecule has 0 radical (unpaired) electrons. The van der Waals surface area contributed by atoms with Gasteiger partial charge in [-0.05, 0) is 50.8 Å². The van der Waals surface area contributed by atoms with Crippen LogP contribution >= 0.6 is 31.9 Å². The number of halogens is 2. The standard InChI is InChI=1S/C13H19Br2NO2/c1-8(2)13(3,17)7-16-11-6-12(18-4)10(15)5-9(11)14/h5-6,8,16-17H,7H2,1-4H3. The molecule has 0 saturated carbocycles. The molecule has 2 N–H and O–H groups in total. The van der Waals surface area contributed by atoms with Gasteiger partial charge in [0, 0.05) is 17.1 Å². The second-order valence-corrected chi connectivity index (χ2v) is 6.54. The molecule has 5 heteroatoms. The fraction of sp³-hybridized carbons (Fsp3) is 0.538. The Morgan fingerprint density at radius 2 is 1.94 bits per heavy atom. The highest BCUT2D eigenvalue weighted by Crippen LogP contribution is 2.34. The van der Waals surface area contributed by atoms with Gasteiger partial charge in [0.05, 0.1) is 22.9 Å². The number of rotatable bonds is 5. The van der Waals surface area contributed by atoms with Crippen LogP contribution in [0.4, 0.5) is 5.69 Å². The van der Waals surface area contributed by atoms with E-state index >= 15 is 0 Å². The summed E-state index contributed by atoms with van der Waals surface area (Å²) in [6.45, 7) is 6.31. The van der Waals surface area contributed by atoms with Gasteiger partial charge < -0.3 is 15.2 Å². The minimum Gasteiger partial charge on any atom is -0.495 e. The molecule has 0 heterocycles. The van der Waals surface area contributed by atoms with Crippen LogP contribution in [0.5, 0.6) is 5.75 Å². The van der Waals surface area contributed by atoms with Crippen LogP contribution in [0.3, 0.4) is 0 Å². The fourth-order valence-electron chi connectivity index (χ4n) is 1.30. The maximum Gasteiger partial charge on any atom is 0.135 e. The van der Waals surface area contributed by atoms with E-state index in [1.807, 2.05) is 32.9 Å². The predicted molar refractivity (Wildman–Crippen MR) is 82.3 cm³/mol. The minimum absolute atomic E-state index is 0.182. The molecule has 18 heavy (non-hydrogen) atoms. The Bertz CT molecular complexity index is 420. The number of methoxy groups -OCH3 is 1. The van der Waals surface area contributed by atoms with Crippen molar-refractivity contribution in [3.05, 3.63) is 21.1 Å². The number of hydrogen-bond donors (Lipinski definition) is 2. The van der Waals surface area contributed by atoms with Gasteiger partial charge in [0.2, 0.25) is 0 Å². The number of ether oxygens (including phenoxy) is 1. The van der Waals surface area contributed by atoms with E-state index in [0.717, 1.165) is 20.4 Å². The molecular formula is C13H19Br2NO2. The quantitative estimate of drug-likeness (QED) is 0.809. The summed E-state index contributed by atoms with van der Waals surface area (Å²) < 4.78 is 7.06. The van der Waals surface area contributed by atoms with Gasteiger partial charge in [-0.25, -0.2) is 0 Å². The minimum atomic E-state index is -0.750. The summed E-state index contributed by atoms with van der Waals surface area (Å²) in [7, 11) is 1.63. The lowest BCUT2D eigenvalue weighted by molar-refractivity contribution is 0.0266. The molecule has 0 spiro atoms. The molecule has 1 unspecified atom stereocenters. The first-order valence-corrected chi connectivity index (χ1v) is 7.36. The van der Waals surface area contributed by atoms with Crippen LogP contribution in [0.1, 0.15) is 20.8 Å². The Kier molecular flexibility index (Phi) is 5.49. The topological polar surface area (TPSA) is 41.5 Å².